The van der Waals surface area contributed by atoms with Crippen LogP contribution in [0.25, 0.3) is 65.3 Å². The van der Waals surface area contributed by atoms with Crippen molar-refractivity contribution in [1.29, 1.82) is 0 Å². The molecular weight excluding hydrogens is 911 g/mol. The number of rotatable bonds is 10. The zero-order chi connectivity index (χ0) is 42.9. The van der Waals surface area contributed by atoms with Crippen LogP contribution in [0.1, 0.15) is 115 Å². The van der Waals surface area contributed by atoms with Gasteiger partial charge in [-0.1, -0.05) is 161 Å². The standard InChI is InChI=1S/2C29H31.C2H6Si.2ClH.Zr/c2*1-2-15-29(16-6-3-7-17-29)21-22-18-25-11-8-12-27(28(25)19-22)26-14-13-23-9-4-5-10-24(23)20-26;1-3-2;;;/h2*4-5,8-14,18-20H,2-3,6-7,15-17,21H2,1H3;1-2H3;2*1H;/q2*-1;;;;+2/p-2. The number of hydrogen-bond donors (Lipinski definition) is 0. The summed E-state index contributed by atoms with van der Waals surface area (Å²) in [5.41, 5.74) is 9.77. The van der Waals surface area contributed by atoms with E-state index in [0.717, 1.165) is 0 Å². The Kier molecular flexibility index (Phi) is 18.4. The molecule has 0 unspecified atom stereocenters. The van der Waals surface area contributed by atoms with E-state index in [1.165, 1.54) is 168 Å². The maximum Gasteiger partial charge on any atom is -1.00 e. The van der Waals surface area contributed by atoms with Crippen LogP contribution in [-0.4, -0.2) is 5.43 Å². The molecule has 332 valence electrons. The van der Waals surface area contributed by atoms with Gasteiger partial charge < -0.3 is 24.8 Å². The summed E-state index contributed by atoms with van der Waals surface area (Å²) in [5, 5.41) is 10.9. The molecule has 0 aliphatic heterocycles. The second-order valence-electron chi connectivity index (χ2n) is 19.4. The van der Waals surface area contributed by atoms with Gasteiger partial charge in [-0.2, -0.15) is 12.1 Å². The van der Waals surface area contributed by atoms with Gasteiger partial charge >= 0.3 is 41.9 Å². The van der Waals surface area contributed by atoms with Gasteiger partial charge in [0.05, 0.1) is 0 Å². The Morgan fingerprint density at radius 3 is 1.22 bits per heavy atom. The molecule has 4 heteroatoms. The molecule has 64 heavy (non-hydrogen) atoms. The minimum atomic E-state index is 0. The fourth-order valence-electron chi connectivity index (χ4n) is 11.6. The van der Waals surface area contributed by atoms with E-state index in [1.807, 2.05) is 0 Å². The molecule has 0 saturated heterocycles. The van der Waals surface area contributed by atoms with Crippen molar-refractivity contribution in [3.05, 3.63) is 157 Å². The van der Waals surface area contributed by atoms with Gasteiger partial charge in [0.2, 0.25) is 0 Å². The first kappa shape index (κ1) is 50.2. The smallest absolute Gasteiger partial charge is 1.00 e. The van der Waals surface area contributed by atoms with E-state index in [1.54, 1.807) is 34.5 Å². The van der Waals surface area contributed by atoms with Crippen LogP contribution in [0.15, 0.2) is 146 Å². The SMILES string of the molecule is CCCC1(Cc2cc3c(-c4ccc5ccccc5c4)cccc3[cH-]2)CCCCC1.CCCC1(Cc2cc3c(-c4ccc5ccccc5c4)cccc3[cH-]2)CCCCC1.C[Si](C)=[Zr+2].[Cl-].[Cl-]. The van der Waals surface area contributed by atoms with Crippen LogP contribution in [-0.2, 0) is 36.2 Å². The molecule has 0 spiro atoms. The van der Waals surface area contributed by atoms with Gasteiger partial charge in [-0.25, -0.2) is 0 Å². The average Bonchev–Trinajstić information content (AvgIpc) is 3.90. The zero-order valence-corrected chi connectivity index (χ0v) is 43.9. The molecule has 0 amide bonds. The molecule has 8 aromatic carbocycles. The molecule has 0 N–H and O–H groups in total. The largest absolute Gasteiger partial charge is 1.00 e. The molecule has 0 heterocycles. The van der Waals surface area contributed by atoms with E-state index in [-0.39, 0.29) is 30.2 Å². The van der Waals surface area contributed by atoms with Crippen LogP contribution in [0, 0.1) is 10.8 Å². The van der Waals surface area contributed by atoms with Gasteiger partial charge in [-0.15, -0.1) is 69.1 Å². The van der Waals surface area contributed by atoms with Crippen molar-refractivity contribution in [3.63, 3.8) is 0 Å². The van der Waals surface area contributed by atoms with Crippen LogP contribution in [0.5, 0.6) is 0 Å². The fourth-order valence-corrected chi connectivity index (χ4v) is 11.6. The Balaban J connectivity index is 0.000000191. The van der Waals surface area contributed by atoms with Crippen LogP contribution >= 0.6 is 0 Å². The normalized spacial score (nSPS) is 15.3. The summed E-state index contributed by atoms with van der Waals surface area (Å²) in [6.07, 6.45) is 22.1. The molecule has 8 aromatic rings. The van der Waals surface area contributed by atoms with E-state index in [0.29, 0.717) is 10.8 Å². The molecular formula is C60H68Cl2SiZr-2. The van der Waals surface area contributed by atoms with Crippen molar-refractivity contribution >= 4 is 48.5 Å². The van der Waals surface area contributed by atoms with Crippen molar-refractivity contribution in [2.75, 3.05) is 0 Å². The number of fused-ring (bicyclic) bond motifs is 4. The summed E-state index contributed by atoms with van der Waals surface area (Å²) in [7, 11) is 0. The maximum atomic E-state index is 2.49. The maximum absolute atomic E-state index is 2.49. The van der Waals surface area contributed by atoms with Crippen LogP contribution < -0.4 is 24.8 Å². The topological polar surface area (TPSA) is 0 Å². The first-order valence-corrected chi connectivity index (χ1v) is 30.3. The van der Waals surface area contributed by atoms with Crippen LogP contribution in [0.3, 0.4) is 0 Å². The molecule has 2 saturated carbocycles. The van der Waals surface area contributed by atoms with Gasteiger partial charge in [0.1, 0.15) is 0 Å². The predicted octanol–water partition coefficient (Wildman–Crippen LogP) is 12.1. The van der Waals surface area contributed by atoms with Gasteiger partial charge in [-0.05, 0) is 107 Å². The van der Waals surface area contributed by atoms with Crippen molar-refractivity contribution in [2.24, 2.45) is 10.8 Å². The van der Waals surface area contributed by atoms with Crippen LogP contribution in [0.4, 0.5) is 0 Å². The molecule has 0 radical (unpaired) electrons. The van der Waals surface area contributed by atoms with Crippen molar-refractivity contribution in [3.8, 4) is 22.3 Å². The van der Waals surface area contributed by atoms with Crippen LogP contribution in [0.2, 0.25) is 13.1 Å². The quantitative estimate of drug-likeness (QED) is 0.0946. The summed E-state index contributed by atoms with van der Waals surface area (Å²) in [5.74, 6) is 0. The number of hydrogen-bond acceptors (Lipinski definition) is 0. The third-order valence-electron chi connectivity index (χ3n) is 14.3. The first-order valence-electron chi connectivity index (χ1n) is 24.1. The van der Waals surface area contributed by atoms with Crippen molar-refractivity contribution < 1.29 is 48.1 Å². The Morgan fingerprint density at radius 1 is 0.469 bits per heavy atom. The molecule has 2 fully saturated rings. The third kappa shape index (κ3) is 12.2. The minimum Gasteiger partial charge on any atom is -1.00 e. The predicted molar refractivity (Wildman–Crippen MR) is 271 cm³/mol. The molecule has 0 bridgehead atoms. The minimum absolute atomic E-state index is 0. The molecule has 0 aromatic heterocycles. The Hall–Kier alpha value is -3.26. The summed E-state index contributed by atoms with van der Waals surface area (Å²) in [6.45, 7) is 9.33. The van der Waals surface area contributed by atoms with Crippen molar-refractivity contribution in [2.45, 2.75) is 130 Å². The Morgan fingerprint density at radius 2 is 0.844 bits per heavy atom. The second kappa shape index (κ2) is 23.5. The monoisotopic (exact) mass is 976 g/mol. The third-order valence-corrected chi connectivity index (χ3v) is 14.3. The summed E-state index contributed by atoms with van der Waals surface area (Å²) >= 11 is 1.74. The van der Waals surface area contributed by atoms with E-state index >= 15 is 0 Å². The average molecular weight is 979 g/mol. The van der Waals surface area contributed by atoms with E-state index in [4.69, 9.17) is 0 Å². The molecule has 10 rings (SSSR count). The molecule has 2 aliphatic carbocycles. The van der Waals surface area contributed by atoms with E-state index < -0.39 is 0 Å². The van der Waals surface area contributed by atoms with Gasteiger partial charge in [0, 0.05) is 0 Å². The first-order chi connectivity index (χ1) is 30.3. The summed E-state index contributed by atoms with van der Waals surface area (Å²) in [6, 6.07) is 54.6. The van der Waals surface area contributed by atoms with Gasteiger partial charge in [-0.3, -0.25) is 0 Å². The van der Waals surface area contributed by atoms with E-state index in [9.17, 15) is 0 Å². The fraction of sp³-hybridized carbons (Fsp3) is 0.367. The molecule has 2 aliphatic rings. The Labute approximate surface area is 413 Å². The number of halogens is 2. The second-order valence-corrected chi connectivity index (χ2v) is 28.8. The molecule has 0 atom stereocenters. The Bertz CT molecular complexity index is 2540. The number of benzene rings is 6. The summed E-state index contributed by atoms with van der Waals surface area (Å²) < 4.78 is 0. The van der Waals surface area contributed by atoms with Crippen molar-refractivity contribution in [1.82, 2.24) is 0 Å². The summed E-state index contributed by atoms with van der Waals surface area (Å²) in [4.78, 5) is 0. The van der Waals surface area contributed by atoms with Gasteiger partial charge in [0.15, 0.2) is 0 Å². The van der Waals surface area contributed by atoms with E-state index in [2.05, 4.69) is 173 Å². The zero-order valence-electron chi connectivity index (χ0n) is 38.9. The van der Waals surface area contributed by atoms with Gasteiger partial charge in [0.25, 0.3) is 0 Å². The molecule has 0 nitrogen and oxygen atoms in total.